The normalized spacial score (nSPS) is 13.7. The molecular formula is C7HF9N2S. The van der Waals surface area contributed by atoms with E-state index in [9.17, 15) is 39.5 Å². The molecule has 0 saturated heterocycles. The topological polar surface area (TPSA) is 25.8 Å². The first-order chi connectivity index (χ1) is 8.31. The summed E-state index contributed by atoms with van der Waals surface area (Å²) < 4.78 is 109. The van der Waals surface area contributed by atoms with Gasteiger partial charge in [0.1, 0.15) is 5.56 Å². The Labute approximate surface area is 103 Å². The first kappa shape index (κ1) is 15.9. The fraction of sp³-hybridized carbons (Fsp3) is 0.429. The van der Waals surface area contributed by atoms with Gasteiger partial charge in [-0.15, -0.1) is 0 Å². The number of aromatic nitrogens is 2. The predicted octanol–water partition coefficient (Wildman–Crippen LogP) is 4.13. The van der Waals surface area contributed by atoms with Crippen LogP contribution in [-0.4, -0.2) is 15.5 Å². The van der Waals surface area contributed by atoms with Gasteiger partial charge in [-0.2, -0.15) is 39.5 Å². The van der Waals surface area contributed by atoms with Gasteiger partial charge < -0.3 is 0 Å². The monoisotopic (exact) mass is 316 g/mol. The van der Waals surface area contributed by atoms with Gasteiger partial charge in [-0.25, -0.2) is 9.97 Å². The van der Waals surface area contributed by atoms with E-state index in [1.807, 2.05) is 0 Å². The van der Waals surface area contributed by atoms with Crippen molar-refractivity contribution in [2.24, 2.45) is 0 Å². The Morgan fingerprint density at radius 2 is 1.37 bits per heavy atom. The van der Waals surface area contributed by atoms with Gasteiger partial charge in [-0.1, -0.05) is 0 Å². The first-order valence-corrected chi connectivity index (χ1v) is 4.89. The number of hydrogen-bond acceptors (Lipinski definition) is 3. The molecule has 0 N–H and O–H groups in total. The molecule has 0 spiro atoms. The Morgan fingerprint density at radius 1 is 0.842 bits per heavy atom. The first-order valence-electron chi connectivity index (χ1n) is 4.08. The van der Waals surface area contributed by atoms with Crippen molar-refractivity contribution in [3.05, 3.63) is 17.5 Å². The molecule has 0 aliphatic carbocycles. The van der Waals surface area contributed by atoms with Crippen LogP contribution in [0.25, 0.3) is 0 Å². The van der Waals surface area contributed by atoms with E-state index in [4.69, 9.17) is 0 Å². The zero-order valence-corrected chi connectivity index (χ0v) is 9.10. The lowest BCUT2D eigenvalue weighted by atomic mass is 10.2. The van der Waals surface area contributed by atoms with E-state index in [1.54, 1.807) is 0 Å². The average molecular weight is 316 g/mol. The molecule has 0 aromatic carbocycles. The van der Waals surface area contributed by atoms with E-state index in [0.29, 0.717) is 0 Å². The van der Waals surface area contributed by atoms with E-state index in [0.717, 1.165) is 0 Å². The van der Waals surface area contributed by atoms with Gasteiger partial charge in [0.15, 0.2) is 10.9 Å². The highest BCUT2D eigenvalue weighted by molar-refractivity contribution is 8.00. The van der Waals surface area contributed by atoms with Crippen molar-refractivity contribution in [1.82, 2.24) is 9.97 Å². The van der Waals surface area contributed by atoms with E-state index >= 15 is 0 Å². The maximum atomic E-state index is 12.3. The minimum Gasteiger partial charge on any atom is -0.230 e. The van der Waals surface area contributed by atoms with Crippen LogP contribution in [0.15, 0.2) is 11.4 Å². The Balaban J connectivity index is 3.33. The fourth-order valence-corrected chi connectivity index (χ4v) is 1.39. The summed E-state index contributed by atoms with van der Waals surface area (Å²) in [6.07, 6.45) is -11.3. The van der Waals surface area contributed by atoms with Gasteiger partial charge in [-0.05, 0) is 0 Å². The van der Waals surface area contributed by atoms with Crippen LogP contribution in [0.4, 0.5) is 39.5 Å². The van der Waals surface area contributed by atoms with E-state index in [1.165, 1.54) is 0 Å². The highest BCUT2D eigenvalue weighted by atomic mass is 32.2. The molecule has 0 amide bonds. The maximum Gasteiger partial charge on any atom is 0.449 e. The minimum absolute atomic E-state index is 0.329. The third-order valence-electron chi connectivity index (χ3n) is 1.55. The molecule has 0 saturated carbocycles. The van der Waals surface area contributed by atoms with Crippen LogP contribution in [0.2, 0.25) is 0 Å². The molecule has 0 atom stereocenters. The van der Waals surface area contributed by atoms with Crippen LogP contribution < -0.4 is 0 Å². The Bertz CT molecular complexity index is 461. The van der Waals surface area contributed by atoms with Crippen molar-refractivity contribution in [2.75, 3.05) is 0 Å². The second kappa shape index (κ2) is 4.72. The van der Waals surface area contributed by atoms with Gasteiger partial charge in [0.05, 0.1) is 0 Å². The highest BCUT2D eigenvalue weighted by Crippen LogP contribution is 2.41. The standard InChI is InChI=1S/C7HF9N2S/c8-5(9,10)2-1-17-4(19-7(14,15)16)18-3(2)6(11,12)13/h1H. The maximum absolute atomic E-state index is 12.3. The van der Waals surface area contributed by atoms with Crippen LogP contribution >= 0.6 is 11.8 Å². The molecule has 12 heteroatoms. The predicted molar refractivity (Wildman–Crippen MR) is 43.9 cm³/mol. The van der Waals surface area contributed by atoms with Gasteiger partial charge in [0.2, 0.25) is 0 Å². The molecule has 2 nitrogen and oxygen atoms in total. The van der Waals surface area contributed by atoms with Gasteiger partial charge in [-0.3, -0.25) is 0 Å². The zero-order chi connectivity index (χ0) is 15.1. The second-order valence-electron chi connectivity index (χ2n) is 2.96. The van der Waals surface area contributed by atoms with Crippen molar-refractivity contribution in [1.29, 1.82) is 0 Å². The summed E-state index contributed by atoms with van der Waals surface area (Å²) in [6, 6.07) is 0. The molecule has 1 rings (SSSR count). The molecule has 1 aromatic rings. The van der Waals surface area contributed by atoms with Crippen molar-refractivity contribution in [3.8, 4) is 0 Å². The van der Waals surface area contributed by atoms with Crippen LogP contribution in [0, 0.1) is 0 Å². The SMILES string of the molecule is FC(F)(F)Sc1ncc(C(F)(F)F)c(C(F)(F)F)n1. The molecule has 19 heavy (non-hydrogen) atoms. The summed E-state index contributed by atoms with van der Waals surface area (Å²) in [6.45, 7) is 0. The molecule has 0 unspecified atom stereocenters. The summed E-state index contributed by atoms with van der Waals surface area (Å²) >= 11 is -1.14. The summed E-state index contributed by atoms with van der Waals surface area (Å²) in [5.41, 5.74) is -9.71. The van der Waals surface area contributed by atoms with Crippen molar-refractivity contribution >= 4 is 11.8 Å². The number of rotatable bonds is 1. The number of alkyl halides is 9. The van der Waals surface area contributed by atoms with Gasteiger partial charge >= 0.3 is 17.9 Å². The van der Waals surface area contributed by atoms with Crippen LogP contribution in [-0.2, 0) is 12.4 Å². The van der Waals surface area contributed by atoms with Crippen molar-refractivity contribution in [2.45, 2.75) is 23.0 Å². The van der Waals surface area contributed by atoms with E-state index in [-0.39, 0.29) is 6.20 Å². The number of nitrogens with zero attached hydrogens (tertiary/aromatic N) is 2. The van der Waals surface area contributed by atoms with E-state index in [2.05, 4.69) is 9.97 Å². The molecule has 0 aliphatic rings. The molecule has 1 heterocycles. The second-order valence-corrected chi connectivity index (χ2v) is 3.99. The van der Waals surface area contributed by atoms with Crippen LogP contribution in [0.5, 0.6) is 0 Å². The molecule has 0 aliphatic heterocycles. The zero-order valence-electron chi connectivity index (χ0n) is 8.28. The summed E-state index contributed by atoms with van der Waals surface area (Å²) in [5, 5.41) is -1.46. The third kappa shape index (κ3) is 4.44. The van der Waals surface area contributed by atoms with Crippen LogP contribution in [0.3, 0.4) is 0 Å². The smallest absolute Gasteiger partial charge is 0.230 e. The molecule has 0 bridgehead atoms. The van der Waals surface area contributed by atoms with Gasteiger partial charge in [0.25, 0.3) is 0 Å². The average Bonchev–Trinajstić information content (AvgIpc) is 2.11. The minimum atomic E-state index is -5.55. The van der Waals surface area contributed by atoms with Crippen molar-refractivity contribution in [3.63, 3.8) is 0 Å². The highest BCUT2D eigenvalue weighted by Gasteiger charge is 2.46. The Kier molecular flexibility index (Phi) is 3.94. The lowest BCUT2D eigenvalue weighted by Gasteiger charge is -2.14. The van der Waals surface area contributed by atoms with Crippen molar-refractivity contribution < 1.29 is 39.5 Å². The van der Waals surface area contributed by atoms with E-state index < -0.39 is 46.0 Å². The Morgan fingerprint density at radius 3 is 1.74 bits per heavy atom. The third-order valence-corrected chi connectivity index (χ3v) is 2.16. The lowest BCUT2D eigenvalue weighted by Crippen LogP contribution is -2.20. The lowest BCUT2D eigenvalue weighted by molar-refractivity contribution is -0.165. The molecular weight excluding hydrogens is 315 g/mol. The largest absolute Gasteiger partial charge is 0.449 e. The molecule has 0 radical (unpaired) electrons. The quantitative estimate of drug-likeness (QED) is 0.443. The Hall–Kier alpha value is -1.20. The molecule has 0 fully saturated rings. The van der Waals surface area contributed by atoms with Crippen LogP contribution in [0.1, 0.15) is 11.3 Å². The van der Waals surface area contributed by atoms with Gasteiger partial charge in [0, 0.05) is 18.0 Å². The summed E-state index contributed by atoms with van der Waals surface area (Å²) in [7, 11) is 0. The number of halogens is 9. The fourth-order valence-electron chi connectivity index (χ4n) is 0.942. The number of hydrogen-bond donors (Lipinski definition) is 0. The number of thioether (sulfide) groups is 1. The molecule has 108 valence electrons. The summed E-state index contributed by atoms with van der Waals surface area (Å²) in [5.74, 6) is 0. The summed E-state index contributed by atoms with van der Waals surface area (Å²) in [4.78, 5) is 4.90. The molecule has 1 aromatic heterocycles.